The highest BCUT2D eigenvalue weighted by Crippen LogP contribution is 2.22. The SMILES string of the molecule is CN(C)p1n(C)c(=O)n1C. The van der Waals surface area contributed by atoms with Crippen molar-refractivity contribution in [3.63, 3.8) is 0 Å². The van der Waals surface area contributed by atoms with Gasteiger partial charge in [-0.3, -0.25) is 8.66 Å². The van der Waals surface area contributed by atoms with Crippen molar-refractivity contribution in [1.29, 1.82) is 0 Å². The minimum absolute atomic E-state index is 0.111. The Morgan fingerprint density at radius 1 is 1.30 bits per heavy atom. The average molecular weight is 161 g/mol. The summed E-state index contributed by atoms with van der Waals surface area (Å²) < 4.78 is 5.57. The molecule has 0 fully saturated rings. The standard InChI is InChI=1S/C5H12N3OP/c1-6(2)10-7(3)5(9)8(10)4/h1-4H3. The molecule has 0 radical (unpaired) electrons. The van der Waals surface area contributed by atoms with Crippen LogP contribution in [0.15, 0.2) is 4.79 Å². The van der Waals surface area contributed by atoms with Gasteiger partial charge in [0.2, 0.25) is 0 Å². The van der Waals surface area contributed by atoms with Crippen molar-refractivity contribution in [1.82, 2.24) is 8.66 Å². The molecule has 0 N–H and O–H groups in total. The molecular weight excluding hydrogens is 149 g/mol. The normalized spacial score (nSPS) is 11.3. The molecule has 5 heteroatoms. The molecule has 1 aromatic rings. The van der Waals surface area contributed by atoms with Gasteiger partial charge in [-0.15, -0.1) is 0 Å². The van der Waals surface area contributed by atoms with Crippen LogP contribution in [-0.4, -0.2) is 22.8 Å². The summed E-state index contributed by atoms with van der Waals surface area (Å²) in [5.41, 5.74) is 0.111. The maximum atomic E-state index is 10.9. The van der Waals surface area contributed by atoms with Crippen LogP contribution in [0.4, 0.5) is 0 Å². The predicted molar refractivity (Wildman–Crippen MR) is 43.4 cm³/mol. The molecule has 0 atom stereocenters. The van der Waals surface area contributed by atoms with Gasteiger partial charge in [0.15, 0.2) is 0 Å². The lowest BCUT2D eigenvalue weighted by atomic mass is 11.1. The summed E-state index contributed by atoms with van der Waals surface area (Å²) in [6.07, 6.45) is 0. The minimum Gasteiger partial charge on any atom is -0.261 e. The first-order chi connectivity index (χ1) is 4.55. The molecule has 0 saturated carbocycles. The van der Waals surface area contributed by atoms with E-state index in [4.69, 9.17) is 0 Å². The molecule has 10 heavy (non-hydrogen) atoms. The van der Waals surface area contributed by atoms with E-state index < -0.39 is 8.00 Å². The Balaban J connectivity index is 3.10. The lowest BCUT2D eigenvalue weighted by molar-refractivity contribution is 0.741. The molecule has 0 aliphatic rings. The summed E-state index contributed by atoms with van der Waals surface area (Å²) >= 11 is 0. The summed E-state index contributed by atoms with van der Waals surface area (Å²) in [5, 5.41) is 0. The van der Waals surface area contributed by atoms with Gasteiger partial charge in [0.1, 0.15) is 8.00 Å². The van der Waals surface area contributed by atoms with Crippen LogP contribution >= 0.6 is 8.00 Å². The molecule has 0 aliphatic carbocycles. The van der Waals surface area contributed by atoms with Gasteiger partial charge in [-0.05, 0) is 14.1 Å². The van der Waals surface area contributed by atoms with Crippen LogP contribution in [0.5, 0.6) is 0 Å². The number of rotatable bonds is 1. The van der Waals surface area contributed by atoms with Gasteiger partial charge < -0.3 is 0 Å². The fourth-order valence-electron chi connectivity index (χ4n) is 1.06. The van der Waals surface area contributed by atoms with E-state index in [-0.39, 0.29) is 5.69 Å². The molecule has 0 saturated heterocycles. The number of nitrogens with zero attached hydrogens (tertiary/aromatic N) is 3. The molecule has 0 amide bonds. The summed E-state index contributed by atoms with van der Waals surface area (Å²) in [6.45, 7) is 0. The van der Waals surface area contributed by atoms with Crippen LogP contribution in [0.2, 0.25) is 0 Å². The Morgan fingerprint density at radius 3 is 1.90 bits per heavy atom. The van der Waals surface area contributed by atoms with Crippen molar-refractivity contribution in [2.75, 3.05) is 18.8 Å². The van der Waals surface area contributed by atoms with E-state index in [0.717, 1.165) is 0 Å². The Bertz CT molecular complexity index is 259. The van der Waals surface area contributed by atoms with Crippen LogP contribution in [-0.2, 0) is 14.1 Å². The van der Waals surface area contributed by atoms with Gasteiger partial charge in [0.05, 0.1) is 0 Å². The average Bonchev–Trinajstić information content (AvgIpc) is 1.87. The second-order valence-corrected chi connectivity index (χ2v) is 4.98. The molecule has 0 aliphatic heterocycles. The second kappa shape index (κ2) is 2.29. The Morgan fingerprint density at radius 2 is 1.70 bits per heavy atom. The molecule has 1 heterocycles. The van der Waals surface area contributed by atoms with Gasteiger partial charge in [-0.25, -0.2) is 9.46 Å². The molecule has 58 valence electrons. The summed E-state index contributed by atoms with van der Waals surface area (Å²) in [6, 6.07) is 0. The highest BCUT2D eigenvalue weighted by atomic mass is 31.1. The van der Waals surface area contributed by atoms with Crippen LogP contribution < -0.4 is 10.4 Å². The van der Waals surface area contributed by atoms with Crippen molar-refractivity contribution in [2.45, 2.75) is 0 Å². The monoisotopic (exact) mass is 161 g/mol. The number of hydrogen-bond donors (Lipinski definition) is 0. The largest absolute Gasteiger partial charge is 0.337 e. The first kappa shape index (κ1) is 7.63. The molecule has 0 bridgehead atoms. The van der Waals surface area contributed by atoms with Crippen LogP contribution in [0.1, 0.15) is 0 Å². The van der Waals surface area contributed by atoms with Gasteiger partial charge in [0.25, 0.3) is 0 Å². The first-order valence-corrected chi connectivity index (χ1v) is 4.24. The number of aromatic nitrogens is 2. The smallest absolute Gasteiger partial charge is 0.261 e. The van der Waals surface area contributed by atoms with Crippen molar-refractivity contribution in [2.24, 2.45) is 14.1 Å². The van der Waals surface area contributed by atoms with Gasteiger partial charge in [-0.1, -0.05) is 0 Å². The first-order valence-electron chi connectivity index (χ1n) is 3.04. The van der Waals surface area contributed by atoms with Crippen LogP contribution in [0.3, 0.4) is 0 Å². The van der Waals surface area contributed by atoms with E-state index in [1.54, 1.807) is 8.66 Å². The fraction of sp³-hybridized carbons (Fsp3) is 0.800. The third kappa shape index (κ3) is 0.842. The highest BCUT2D eigenvalue weighted by Gasteiger charge is 2.11. The van der Waals surface area contributed by atoms with Gasteiger partial charge >= 0.3 is 5.69 Å². The fourth-order valence-corrected chi connectivity index (χ4v) is 2.99. The quantitative estimate of drug-likeness (QED) is 0.576. The summed E-state index contributed by atoms with van der Waals surface area (Å²) in [5.74, 6) is 0. The van der Waals surface area contributed by atoms with E-state index in [1.165, 1.54) is 0 Å². The Labute approximate surface area is 60.9 Å². The maximum Gasteiger partial charge on any atom is 0.337 e. The van der Waals surface area contributed by atoms with E-state index >= 15 is 0 Å². The minimum atomic E-state index is -0.468. The summed E-state index contributed by atoms with van der Waals surface area (Å²) in [4.78, 5) is 10.9. The zero-order valence-corrected chi connectivity index (χ0v) is 7.59. The Kier molecular flexibility index (Phi) is 1.75. The molecule has 0 spiro atoms. The van der Waals surface area contributed by atoms with Crippen molar-refractivity contribution in [3.8, 4) is 0 Å². The van der Waals surface area contributed by atoms with E-state index in [2.05, 4.69) is 4.67 Å². The van der Waals surface area contributed by atoms with Crippen LogP contribution in [0.25, 0.3) is 0 Å². The third-order valence-corrected chi connectivity index (χ3v) is 3.58. The predicted octanol–water partition coefficient (Wildman–Crippen LogP) is -0.0920. The molecule has 1 aromatic heterocycles. The highest BCUT2D eigenvalue weighted by molar-refractivity contribution is 7.44. The molecule has 0 unspecified atom stereocenters. The zero-order chi connectivity index (χ0) is 7.89. The summed E-state index contributed by atoms with van der Waals surface area (Å²) in [7, 11) is 7.14. The van der Waals surface area contributed by atoms with E-state index in [1.807, 2.05) is 28.2 Å². The topological polar surface area (TPSA) is 30.2 Å². The van der Waals surface area contributed by atoms with E-state index in [0.29, 0.717) is 0 Å². The van der Waals surface area contributed by atoms with Crippen molar-refractivity contribution >= 4 is 8.00 Å². The van der Waals surface area contributed by atoms with Crippen molar-refractivity contribution in [3.05, 3.63) is 10.5 Å². The Hall–Kier alpha value is -0.470. The van der Waals surface area contributed by atoms with Crippen molar-refractivity contribution < 1.29 is 0 Å². The molecule has 1 rings (SSSR count). The zero-order valence-electron chi connectivity index (χ0n) is 6.70. The van der Waals surface area contributed by atoms with E-state index in [9.17, 15) is 4.79 Å². The van der Waals surface area contributed by atoms with Crippen LogP contribution in [0, 0.1) is 0 Å². The van der Waals surface area contributed by atoms with Gasteiger partial charge in [-0.2, -0.15) is 0 Å². The molecule has 0 aromatic carbocycles. The molecular formula is C5H12N3OP. The second-order valence-electron chi connectivity index (χ2n) is 2.45. The maximum absolute atomic E-state index is 10.9. The molecule has 4 nitrogen and oxygen atoms in total. The lowest BCUT2D eigenvalue weighted by Gasteiger charge is -2.22. The van der Waals surface area contributed by atoms with Gasteiger partial charge in [0, 0.05) is 14.1 Å². The third-order valence-electron chi connectivity index (χ3n) is 1.45. The number of hydrogen-bond acceptors (Lipinski definition) is 2. The lowest BCUT2D eigenvalue weighted by Crippen LogP contribution is -2.36.